The SMILES string of the molecule is CC(=NC1=C(C)CCC=C1)C(C)C. The molecule has 1 aliphatic rings. The average molecular weight is 177 g/mol. The van der Waals surface area contributed by atoms with Crippen molar-refractivity contribution in [1.82, 2.24) is 0 Å². The summed E-state index contributed by atoms with van der Waals surface area (Å²) in [5, 5.41) is 0. The standard InChI is InChI=1S/C12H19N/c1-9(2)11(4)13-12-8-6-5-7-10(12)3/h6,8-9H,5,7H2,1-4H3. The van der Waals surface area contributed by atoms with Gasteiger partial charge in [-0.1, -0.05) is 19.9 Å². The zero-order valence-electron chi connectivity index (χ0n) is 9.09. The van der Waals surface area contributed by atoms with E-state index in [4.69, 9.17) is 0 Å². The third kappa shape index (κ3) is 2.83. The Morgan fingerprint density at radius 2 is 2.15 bits per heavy atom. The number of nitrogens with zero attached hydrogens (tertiary/aromatic N) is 1. The molecule has 13 heavy (non-hydrogen) atoms. The molecular weight excluding hydrogens is 158 g/mol. The van der Waals surface area contributed by atoms with Crippen LogP contribution in [0.1, 0.15) is 40.5 Å². The Bertz CT molecular complexity index is 267. The predicted molar refractivity (Wildman–Crippen MR) is 59.0 cm³/mol. The zero-order valence-corrected chi connectivity index (χ0v) is 9.09. The second-order valence-corrected chi connectivity index (χ2v) is 4.01. The summed E-state index contributed by atoms with van der Waals surface area (Å²) in [4.78, 5) is 4.63. The molecule has 0 fully saturated rings. The van der Waals surface area contributed by atoms with Crippen LogP contribution < -0.4 is 0 Å². The lowest BCUT2D eigenvalue weighted by Gasteiger charge is -2.10. The minimum Gasteiger partial charge on any atom is -0.258 e. The van der Waals surface area contributed by atoms with E-state index in [2.05, 4.69) is 44.8 Å². The lowest BCUT2D eigenvalue weighted by Crippen LogP contribution is -2.03. The summed E-state index contributed by atoms with van der Waals surface area (Å²) in [6, 6.07) is 0. The number of aliphatic imine (C=N–C) groups is 1. The summed E-state index contributed by atoms with van der Waals surface area (Å²) in [5.41, 5.74) is 3.82. The Morgan fingerprint density at radius 1 is 1.46 bits per heavy atom. The average Bonchev–Trinajstić information content (AvgIpc) is 2.08. The van der Waals surface area contributed by atoms with E-state index in [0.29, 0.717) is 5.92 Å². The fourth-order valence-corrected chi connectivity index (χ4v) is 1.22. The minimum absolute atomic E-state index is 0.552. The zero-order chi connectivity index (χ0) is 9.84. The first-order valence-corrected chi connectivity index (χ1v) is 5.02. The van der Waals surface area contributed by atoms with Crippen LogP contribution in [-0.2, 0) is 0 Å². The van der Waals surface area contributed by atoms with Crippen molar-refractivity contribution in [3.05, 3.63) is 23.4 Å². The monoisotopic (exact) mass is 177 g/mol. The molecule has 0 aromatic heterocycles. The second-order valence-electron chi connectivity index (χ2n) is 4.01. The highest BCUT2D eigenvalue weighted by atomic mass is 14.8. The number of allylic oxidation sites excluding steroid dienone is 3. The van der Waals surface area contributed by atoms with E-state index in [1.165, 1.54) is 29.8 Å². The molecule has 0 amide bonds. The van der Waals surface area contributed by atoms with Crippen LogP contribution in [0.5, 0.6) is 0 Å². The first-order chi connectivity index (χ1) is 6.11. The first kappa shape index (κ1) is 10.2. The molecule has 1 nitrogen and oxygen atoms in total. The number of rotatable bonds is 2. The van der Waals surface area contributed by atoms with E-state index < -0.39 is 0 Å². The number of hydrogen-bond donors (Lipinski definition) is 0. The van der Waals surface area contributed by atoms with Crippen LogP contribution in [0.3, 0.4) is 0 Å². The van der Waals surface area contributed by atoms with Gasteiger partial charge < -0.3 is 0 Å². The predicted octanol–water partition coefficient (Wildman–Crippen LogP) is 3.73. The van der Waals surface area contributed by atoms with Crippen molar-refractivity contribution in [1.29, 1.82) is 0 Å². The van der Waals surface area contributed by atoms with E-state index in [0.717, 1.165) is 0 Å². The van der Waals surface area contributed by atoms with Crippen LogP contribution in [0.2, 0.25) is 0 Å². The minimum atomic E-state index is 0.552. The van der Waals surface area contributed by atoms with Gasteiger partial charge in [-0.3, -0.25) is 4.99 Å². The summed E-state index contributed by atoms with van der Waals surface area (Å²) >= 11 is 0. The Morgan fingerprint density at radius 3 is 2.69 bits per heavy atom. The van der Waals surface area contributed by atoms with Gasteiger partial charge in [-0.2, -0.15) is 0 Å². The van der Waals surface area contributed by atoms with Gasteiger partial charge in [-0.25, -0.2) is 0 Å². The fourth-order valence-electron chi connectivity index (χ4n) is 1.22. The molecule has 0 aromatic rings. The number of hydrogen-bond acceptors (Lipinski definition) is 1. The van der Waals surface area contributed by atoms with Gasteiger partial charge in [0.2, 0.25) is 0 Å². The first-order valence-electron chi connectivity index (χ1n) is 5.02. The van der Waals surface area contributed by atoms with Gasteiger partial charge in [-0.05, 0) is 44.3 Å². The van der Waals surface area contributed by atoms with Crippen LogP contribution in [0.15, 0.2) is 28.4 Å². The van der Waals surface area contributed by atoms with Crippen molar-refractivity contribution in [3.63, 3.8) is 0 Å². The molecule has 0 spiro atoms. The smallest absolute Gasteiger partial charge is 0.0615 e. The third-order valence-electron chi connectivity index (χ3n) is 2.53. The van der Waals surface area contributed by atoms with Crippen molar-refractivity contribution in [2.24, 2.45) is 10.9 Å². The summed E-state index contributed by atoms with van der Waals surface area (Å²) in [5.74, 6) is 0.552. The van der Waals surface area contributed by atoms with E-state index in [1.54, 1.807) is 0 Å². The molecule has 72 valence electrons. The topological polar surface area (TPSA) is 12.4 Å². The molecule has 0 saturated carbocycles. The molecule has 0 radical (unpaired) electrons. The Hall–Kier alpha value is -0.850. The van der Waals surface area contributed by atoms with Gasteiger partial charge in [0.1, 0.15) is 0 Å². The normalized spacial score (nSPS) is 18.7. The summed E-state index contributed by atoms with van der Waals surface area (Å²) in [7, 11) is 0. The molecule has 1 heteroatoms. The van der Waals surface area contributed by atoms with Crippen LogP contribution in [0.25, 0.3) is 0 Å². The van der Waals surface area contributed by atoms with Gasteiger partial charge in [-0.15, -0.1) is 0 Å². The van der Waals surface area contributed by atoms with Gasteiger partial charge in [0.25, 0.3) is 0 Å². The van der Waals surface area contributed by atoms with Crippen molar-refractivity contribution in [2.75, 3.05) is 0 Å². The van der Waals surface area contributed by atoms with Crippen LogP contribution in [0.4, 0.5) is 0 Å². The highest BCUT2D eigenvalue weighted by molar-refractivity contribution is 5.85. The van der Waals surface area contributed by atoms with Crippen molar-refractivity contribution in [3.8, 4) is 0 Å². The molecule has 0 saturated heterocycles. The maximum atomic E-state index is 4.63. The van der Waals surface area contributed by atoms with E-state index >= 15 is 0 Å². The van der Waals surface area contributed by atoms with Gasteiger partial charge in [0, 0.05) is 5.71 Å². The van der Waals surface area contributed by atoms with Crippen molar-refractivity contribution < 1.29 is 0 Å². The van der Waals surface area contributed by atoms with E-state index in [9.17, 15) is 0 Å². The third-order valence-corrected chi connectivity index (χ3v) is 2.53. The second kappa shape index (κ2) is 4.40. The maximum absolute atomic E-state index is 4.63. The van der Waals surface area contributed by atoms with E-state index in [1.807, 2.05) is 0 Å². The summed E-state index contributed by atoms with van der Waals surface area (Å²) < 4.78 is 0. The van der Waals surface area contributed by atoms with Crippen LogP contribution in [-0.4, -0.2) is 5.71 Å². The summed E-state index contributed by atoms with van der Waals surface area (Å²) in [6.45, 7) is 8.64. The molecule has 0 aliphatic heterocycles. The molecule has 1 aliphatic carbocycles. The maximum Gasteiger partial charge on any atom is 0.0615 e. The molecular formula is C12H19N. The molecule has 0 atom stereocenters. The van der Waals surface area contributed by atoms with Gasteiger partial charge in [0.15, 0.2) is 0 Å². The van der Waals surface area contributed by atoms with Gasteiger partial charge in [0.05, 0.1) is 5.70 Å². The lowest BCUT2D eigenvalue weighted by atomic mass is 10.0. The van der Waals surface area contributed by atoms with Crippen LogP contribution >= 0.6 is 0 Å². The largest absolute Gasteiger partial charge is 0.258 e. The summed E-state index contributed by atoms with van der Waals surface area (Å²) in [6.07, 6.45) is 6.69. The quantitative estimate of drug-likeness (QED) is 0.570. The van der Waals surface area contributed by atoms with E-state index in [-0.39, 0.29) is 0 Å². The molecule has 0 bridgehead atoms. The molecule has 1 rings (SSSR count). The Labute approximate surface area is 81.3 Å². The highest BCUT2D eigenvalue weighted by Crippen LogP contribution is 2.19. The van der Waals surface area contributed by atoms with Crippen LogP contribution in [0, 0.1) is 5.92 Å². The Kier molecular flexibility index (Phi) is 3.47. The molecule has 0 heterocycles. The Balaban J connectivity index is 2.83. The van der Waals surface area contributed by atoms with Crippen molar-refractivity contribution >= 4 is 5.71 Å². The molecule has 0 N–H and O–H groups in total. The molecule has 0 aromatic carbocycles. The van der Waals surface area contributed by atoms with Crippen molar-refractivity contribution in [2.45, 2.75) is 40.5 Å². The van der Waals surface area contributed by atoms with Gasteiger partial charge >= 0.3 is 0 Å². The lowest BCUT2D eigenvalue weighted by molar-refractivity contribution is 0.869. The fraction of sp³-hybridized carbons (Fsp3) is 0.583. The molecule has 0 unspecified atom stereocenters. The highest BCUT2D eigenvalue weighted by Gasteiger charge is 2.04.